The van der Waals surface area contributed by atoms with Gasteiger partial charge in [-0.3, -0.25) is 4.90 Å². The maximum atomic E-state index is 13.6. The van der Waals surface area contributed by atoms with Crippen molar-refractivity contribution >= 4 is 23.2 Å². The molecular formula is C31H36N6O2. The van der Waals surface area contributed by atoms with Crippen molar-refractivity contribution in [3.63, 3.8) is 0 Å². The van der Waals surface area contributed by atoms with Crippen LogP contribution >= 0.6 is 0 Å². The van der Waals surface area contributed by atoms with Crippen molar-refractivity contribution in [2.75, 3.05) is 35.3 Å². The van der Waals surface area contributed by atoms with Crippen LogP contribution < -0.4 is 20.4 Å². The zero-order valence-corrected chi connectivity index (χ0v) is 22.4. The molecule has 1 aliphatic carbocycles. The number of anilines is 3. The molecule has 0 radical (unpaired) electrons. The smallest absolute Gasteiger partial charge is 0.322 e. The summed E-state index contributed by atoms with van der Waals surface area (Å²) in [6.45, 7) is 2.36. The molecule has 0 spiro atoms. The van der Waals surface area contributed by atoms with Gasteiger partial charge in [-0.15, -0.1) is 0 Å². The first-order chi connectivity index (χ1) is 19.1. The first kappa shape index (κ1) is 26.5. The first-order valence-corrected chi connectivity index (χ1v) is 13.7. The van der Waals surface area contributed by atoms with E-state index in [0.717, 1.165) is 67.9 Å². The summed E-state index contributed by atoms with van der Waals surface area (Å²) in [5.41, 5.74) is 3.70. The molecule has 39 heavy (non-hydrogen) atoms. The molecule has 3 aromatic rings. The van der Waals surface area contributed by atoms with E-state index < -0.39 is 0 Å². The minimum Gasteiger partial charge on any atom is -0.380 e. The molecule has 2 heterocycles. The second-order valence-electron chi connectivity index (χ2n) is 10.3. The third-order valence-electron chi connectivity index (χ3n) is 7.78. The Morgan fingerprint density at radius 1 is 1.05 bits per heavy atom. The molecule has 5 rings (SSSR count). The maximum Gasteiger partial charge on any atom is 0.322 e. The van der Waals surface area contributed by atoms with Crippen molar-refractivity contribution < 1.29 is 9.53 Å². The highest BCUT2D eigenvalue weighted by molar-refractivity contribution is 5.92. The van der Waals surface area contributed by atoms with E-state index >= 15 is 0 Å². The molecule has 1 saturated heterocycles. The summed E-state index contributed by atoms with van der Waals surface area (Å²) in [5.74, 6) is 0.781. The number of nitriles is 1. The van der Waals surface area contributed by atoms with Gasteiger partial charge >= 0.3 is 6.03 Å². The molecule has 1 atom stereocenters. The molecular weight excluding hydrogens is 488 g/mol. The highest BCUT2D eigenvalue weighted by Crippen LogP contribution is 2.31. The lowest BCUT2D eigenvalue weighted by atomic mass is 9.90. The number of ether oxygens (including phenoxy) is 1. The van der Waals surface area contributed by atoms with Gasteiger partial charge in [0, 0.05) is 56.4 Å². The molecule has 2 N–H and O–H groups in total. The number of nitrogens with one attached hydrogen (secondary N) is 2. The highest BCUT2D eigenvalue weighted by atomic mass is 16.5. The molecule has 0 bridgehead atoms. The molecule has 202 valence electrons. The van der Waals surface area contributed by atoms with Crippen molar-refractivity contribution in [3.8, 4) is 6.07 Å². The number of hydrogen-bond acceptors (Lipinski definition) is 6. The van der Waals surface area contributed by atoms with Crippen LogP contribution in [0.1, 0.15) is 43.2 Å². The molecule has 1 aliphatic heterocycles. The monoisotopic (exact) mass is 524 g/mol. The molecule has 8 nitrogen and oxygen atoms in total. The fraction of sp³-hybridized carbons (Fsp3) is 0.387. The molecule has 2 amide bonds. The lowest BCUT2D eigenvalue weighted by Gasteiger charge is -2.37. The highest BCUT2D eigenvalue weighted by Gasteiger charge is 2.30. The van der Waals surface area contributed by atoms with Gasteiger partial charge in [0.2, 0.25) is 0 Å². The number of carbonyl (C=O) groups excluding carboxylic acids is 1. The summed E-state index contributed by atoms with van der Waals surface area (Å²) < 4.78 is 5.53. The quantitative estimate of drug-likeness (QED) is 0.414. The van der Waals surface area contributed by atoms with Gasteiger partial charge in [0.15, 0.2) is 0 Å². The molecule has 2 aliphatic rings. The topological polar surface area (TPSA) is 93.5 Å². The number of carbonyl (C=O) groups is 1. The number of rotatable bonds is 8. The average Bonchev–Trinajstić information content (AvgIpc) is 3.48. The van der Waals surface area contributed by atoms with Gasteiger partial charge in [-0.1, -0.05) is 30.3 Å². The van der Waals surface area contributed by atoms with E-state index in [9.17, 15) is 4.79 Å². The van der Waals surface area contributed by atoms with Crippen molar-refractivity contribution in [2.45, 2.75) is 56.8 Å². The average molecular weight is 525 g/mol. The summed E-state index contributed by atoms with van der Waals surface area (Å²) in [4.78, 5) is 22.3. The van der Waals surface area contributed by atoms with Gasteiger partial charge in [-0.25, -0.2) is 9.78 Å². The Balaban J connectivity index is 1.27. The van der Waals surface area contributed by atoms with E-state index in [-0.39, 0.29) is 24.2 Å². The SMILES string of the molecule is CO[C@H]1CCN(c2ccc(N(C(=O)NCc3ccccc3)C3CCC(Nc4ccc(C#N)cn4)CC3)cc2)C1. The van der Waals surface area contributed by atoms with Crippen LogP contribution in [0.3, 0.4) is 0 Å². The van der Waals surface area contributed by atoms with Crippen molar-refractivity contribution in [1.82, 2.24) is 10.3 Å². The van der Waals surface area contributed by atoms with Crippen LogP contribution in [0.4, 0.5) is 22.0 Å². The lowest BCUT2D eigenvalue weighted by Crippen LogP contribution is -2.48. The summed E-state index contributed by atoms with van der Waals surface area (Å²) in [7, 11) is 1.77. The fourth-order valence-corrected chi connectivity index (χ4v) is 5.56. The van der Waals surface area contributed by atoms with Crippen LogP contribution in [0.2, 0.25) is 0 Å². The molecule has 1 saturated carbocycles. The molecule has 0 unspecified atom stereocenters. The number of methoxy groups -OCH3 is 1. The maximum absolute atomic E-state index is 13.6. The minimum absolute atomic E-state index is 0.0719. The van der Waals surface area contributed by atoms with Gasteiger partial charge < -0.3 is 20.3 Å². The van der Waals surface area contributed by atoms with Crippen molar-refractivity contribution in [2.24, 2.45) is 0 Å². The van der Waals surface area contributed by atoms with Crippen LogP contribution in [0, 0.1) is 11.3 Å². The Bertz CT molecular complexity index is 1250. The number of hydrogen-bond donors (Lipinski definition) is 2. The van der Waals surface area contributed by atoms with Gasteiger partial charge in [-0.05, 0) is 74.1 Å². The van der Waals surface area contributed by atoms with Gasteiger partial charge in [0.25, 0.3) is 0 Å². The van der Waals surface area contributed by atoms with Gasteiger partial charge in [0.05, 0.1) is 11.7 Å². The Labute approximate surface area is 230 Å². The molecule has 2 fully saturated rings. The van der Waals surface area contributed by atoms with E-state index in [0.29, 0.717) is 12.1 Å². The van der Waals surface area contributed by atoms with Crippen LogP contribution in [0.25, 0.3) is 0 Å². The van der Waals surface area contributed by atoms with Crippen LogP contribution in [-0.4, -0.2) is 49.4 Å². The Hall–Kier alpha value is -4.09. The third kappa shape index (κ3) is 6.68. The minimum atomic E-state index is -0.0719. The van der Waals surface area contributed by atoms with Crippen LogP contribution in [0.15, 0.2) is 72.9 Å². The normalized spacial score (nSPS) is 20.7. The third-order valence-corrected chi connectivity index (χ3v) is 7.78. The molecule has 2 aromatic carbocycles. The Kier molecular flexibility index (Phi) is 8.59. The Morgan fingerprint density at radius 3 is 2.46 bits per heavy atom. The standard InChI is InChI=1S/C31H36N6O2/c1-39-29-17-18-36(22-29)26-12-14-28(15-13-26)37(31(38)34-20-23-5-3-2-4-6-23)27-10-8-25(9-11-27)35-30-16-7-24(19-32)21-33-30/h2-7,12-16,21,25,27,29H,8-11,17-18,20,22H2,1H3,(H,33,35)(H,34,38)/t25?,27?,29-/m0/s1. The van der Waals surface area contributed by atoms with E-state index in [2.05, 4.69) is 50.9 Å². The number of benzene rings is 2. The van der Waals surface area contributed by atoms with E-state index in [1.54, 1.807) is 19.4 Å². The number of nitrogens with zero attached hydrogens (tertiary/aromatic N) is 4. The zero-order valence-electron chi connectivity index (χ0n) is 22.4. The molecule has 1 aromatic heterocycles. The van der Waals surface area contributed by atoms with Crippen molar-refractivity contribution in [1.29, 1.82) is 5.26 Å². The number of urea groups is 1. The zero-order chi connectivity index (χ0) is 27.0. The Morgan fingerprint density at radius 2 is 1.82 bits per heavy atom. The number of aromatic nitrogens is 1. The van der Waals surface area contributed by atoms with E-state index in [1.165, 1.54) is 0 Å². The predicted octanol–water partition coefficient (Wildman–Crippen LogP) is 5.32. The van der Waals surface area contributed by atoms with Crippen molar-refractivity contribution in [3.05, 3.63) is 84.1 Å². The lowest BCUT2D eigenvalue weighted by molar-refractivity contribution is 0.121. The fourth-order valence-electron chi connectivity index (χ4n) is 5.56. The summed E-state index contributed by atoms with van der Waals surface area (Å²) in [6.07, 6.45) is 6.52. The molecule has 8 heteroatoms. The van der Waals surface area contributed by atoms with E-state index in [4.69, 9.17) is 10.00 Å². The van der Waals surface area contributed by atoms with Gasteiger partial charge in [0.1, 0.15) is 11.9 Å². The summed E-state index contributed by atoms with van der Waals surface area (Å²) in [6, 6.07) is 24.4. The summed E-state index contributed by atoms with van der Waals surface area (Å²) >= 11 is 0. The predicted molar refractivity (Wildman–Crippen MR) is 154 cm³/mol. The second-order valence-corrected chi connectivity index (χ2v) is 10.3. The van der Waals surface area contributed by atoms with Crippen LogP contribution in [-0.2, 0) is 11.3 Å². The second kappa shape index (κ2) is 12.6. The van der Waals surface area contributed by atoms with E-state index in [1.807, 2.05) is 41.3 Å². The first-order valence-electron chi connectivity index (χ1n) is 13.7. The summed E-state index contributed by atoms with van der Waals surface area (Å²) in [5, 5.41) is 15.7. The largest absolute Gasteiger partial charge is 0.380 e. The van der Waals surface area contributed by atoms with Gasteiger partial charge in [-0.2, -0.15) is 5.26 Å². The number of pyridine rings is 1. The number of amides is 2. The van der Waals surface area contributed by atoms with Crippen LogP contribution in [0.5, 0.6) is 0 Å².